The number of unbranched alkanes of at least 4 members (excludes halogenated alkanes) is 20. The maximum atomic E-state index is 11.6. The number of hydrogen-bond donors (Lipinski definition) is 4. The van der Waals surface area contributed by atoms with Crippen molar-refractivity contribution in [2.75, 3.05) is 27.2 Å². The molecule has 10 heteroatoms. The van der Waals surface area contributed by atoms with Gasteiger partial charge in [-0.3, -0.25) is 19.2 Å². The van der Waals surface area contributed by atoms with Gasteiger partial charge in [0.1, 0.15) is 13.1 Å². The highest BCUT2D eigenvalue weighted by molar-refractivity contribution is 5.81. The molecule has 0 unspecified atom stereocenters. The van der Waals surface area contributed by atoms with Gasteiger partial charge in [0.2, 0.25) is 11.8 Å². The third kappa shape index (κ3) is 37.8. The molecule has 0 spiro atoms. The summed E-state index contributed by atoms with van der Waals surface area (Å²) in [4.78, 5) is 46.7. The van der Waals surface area contributed by atoms with Gasteiger partial charge in [0.25, 0.3) is 0 Å². The van der Waals surface area contributed by atoms with Crippen LogP contribution in [-0.2, 0) is 19.2 Å². The second kappa shape index (κ2) is 37.0. The summed E-state index contributed by atoms with van der Waals surface area (Å²) >= 11 is 0. The van der Waals surface area contributed by atoms with Crippen molar-refractivity contribution in [2.24, 2.45) is 0 Å². The average Bonchev–Trinajstić information content (AvgIpc) is 2.94. The Hall–Kier alpha value is -2.20. The van der Waals surface area contributed by atoms with E-state index in [-0.39, 0.29) is 37.2 Å². The maximum absolute atomic E-state index is 11.6. The molecule has 0 aromatic rings. The fourth-order valence-corrected chi connectivity index (χ4v) is 4.84. The van der Waals surface area contributed by atoms with Gasteiger partial charge >= 0.3 is 11.9 Å². The van der Waals surface area contributed by atoms with Crippen molar-refractivity contribution in [3.8, 4) is 0 Å². The van der Waals surface area contributed by atoms with Crippen LogP contribution < -0.4 is 12.3 Å². The highest BCUT2D eigenvalue weighted by atomic mass is 16.4. The zero-order chi connectivity index (χ0) is 31.8. The van der Waals surface area contributed by atoms with Gasteiger partial charge in [-0.05, 0) is 12.8 Å². The zero-order valence-electron chi connectivity index (χ0n) is 29.2. The molecule has 0 bridgehead atoms. The summed E-state index contributed by atoms with van der Waals surface area (Å²) in [6.07, 6.45) is 28.6. The SMILES string of the molecule is CCCCCCCCCCCCCC(=O)N(C)CC(=O)O.CCCCCCCCCCCCCC(=O)N(C)CC(=O)O.N.N. The molecule has 0 fully saturated rings. The van der Waals surface area contributed by atoms with Crippen molar-refractivity contribution < 1.29 is 29.4 Å². The van der Waals surface area contributed by atoms with Crippen molar-refractivity contribution in [1.29, 1.82) is 0 Å². The molecule has 0 saturated carbocycles. The predicted molar refractivity (Wildman–Crippen MR) is 183 cm³/mol. The highest BCUT2D eigenvalue weighted by Crippen LogP contribution is 2.13. The lowest BCUT2D eigenvalue weighted by atomic mass is 10.1. The Labute approximate surface area is 270 Å². The fraction of sp³-hybridized carbons (Fsp3) is 0.882. The number of carboxylic acids is 2. The van der Waals surface area contributed by atoms with Crippen LogP contribution in [0, 0.1) is 0 Å². The lowest BCUT2D eigenvalue weighted by Crippen LogP contribution is -2.31. The molecule has 0 aliphatic heterocycles. The largest absolute Gasteiger partial charge is 0.480 e. The molecule has 0 atom stereocenters. The number of aliphatic carboxylic acids is 2. The first-order chi connectivity index (χ1) is 20.1. The van der Waals surface area contributed by atoms with Gasteiger partial charge in [-0.2, -0.15) is 0 Å². The van der Waals surface area contributed by atoms with Crippen LogP contribution in [-0.4, -0.2) is 71.0 Å². The van der Waals surface area contributed by atoms with Crippen molar-refractivity contribution in [3.05, 3.63) is 0 Å². The third-order valence-electron chi connectivity index (χ3n) is 7.58. The molecule has 0 aromatic heterocycles. The molecule has 0 radical (unpaired) electrons. The smallest absolute Gasteiger partial charge is 0.323 e. The molecule has 0 heterocycles. The molecule has 0 rings (SSSR count). The zero-order valence-corrected chi connectivity index (χ0v) is 29.2. The van der Waals surface area contributed by atoms with E-state index in [1.165, 1.54) is 125 Å². The Morgan fingerprint density at radius 3 is 0.818 bits per heavy atom. The maximum Gasteiger partial charge on any atom is 0.323 e. The predicted octanol–water partition coefficient (Wildman–Crippen LogP) is 8.79. The van der Waals surface area contributed by atoms with E-state index in [9.17, 15) is 19.2 Å². The molecule has 0 aliphatic carbocycles. The number of likely N-dealkylation sites (N-methyl/N-ethyl adjacent to an activating group) is 2. The summed E-state index contributed by atoms with van der Waals surface area (Å²) < 4.78 is 0. The Balaban J connectivity index is -0.000000348. The van der Waals surface area contributed by atoms with Crippen LogP contribution in [0.15, 0.2) is 0 Å². The fourth-order valence-electron chi connectivity index (χ4n) is 4.84. The number of carbonyl (C=O) groups is 4. The standard InChI is InChI=1S/2C17H33NO3.2H3N/c2*1-3-4-5-6-7-8-9-10-11-12-13-14-16(19)18(2)15-17(20)21;;/h2*3-15H2,1-2H3,(H,20,21);2*1H3. The summed E-state index contributed by atoms with van der Waals surface area (Å²) in [5.41, 5.74) is 0. The van der Waals surface area contributed by atoms with Crippen LogP contribution in [0.4, 0.5) is 0 Å². The van der Waals surface area contributed by atoms with Crippen LogP contribution in [0.5, 0.6) is 0 Å². The second-order valence-corrected chi connectivity index (χ2v) is 11.9. The molecule has 0 aromatic carbocycles. The molecule has 264 valence electrons. The van der Waals surface area contributed by atoms with Gasteiger partial charge < -0.3 is 32.3 Å². The number of carboxylic acid groups (broad SMARTS) is 2. The number of nitrogens with zero attached hydrogens (tertiary/aromatic N) is 2. The van der Waals surface area contributed by atoms with Crippen LogP contribution in [0.3, 0.4) is 0 Å². The number of carbonyl (C=O) groups excluding carboxylic acids is 2. The molecule has 44 heavy (non-hydrogen) atoms. The Morgan fingerprint density at radius 2 is 0.614 bits per heavy atom. The van der Waals surface area contributed by atoms with E-state index in [2.05, 4.69) is 13.8 Å². The molecular weight excluding hydrogens is 560 g/mol. The average molecular weight is 633 g/mol. The van der Waals surface area contributed by atoms with E-state index in [4.69, 9.17) is 10.2 Å². The minimum Gasteiger partial charge on any atom is -0.480 e. The Kier molecular flexibility index (Phi) is 40.9. The first-order valence-electron chi connectivity index (χ1n) is 17.1. The molecule has 0 saturated heterocycles. The monoisotopic (exact) mass is 633 g/mol. The van der Waals surface area contributed by atoms with Crippen LogP contribution in [0.2, 0.25) is 0 Å². The Morgan fingerprint density at radius 1 is 0.409 bits per heavy atom. The van der Waals surface area contributed by atoms with Gasteiger partial charge in [-0.15, -0.1) is 0 Å². The van der Waals surface area contributed by atoms with Crippen molar-refractivity contribution >= 4 is 23.8 Å². The number of hydrogen-bond acceptors (Lipinski definition) is 6. The van der Waals surface area contributed by atoms with E-state index >= 15 is 0 Å². The molecule has 8 N–H and O–H groups in total. The lowest BCUT2D eigenvalue weighted by molar-refractivity contribution is -0.143. The summed E-state index contributed by atoms with van der Waals surface area (Å²) in [5.74, 6) is -2.03. The minimum atomic E-state index is -0.954. The normalized spacial score (nSPS) is 10.1. The topological polar surface area (TPSA) is 185 Å². The highest BCUT2D eigenvalue weighted by Gasteiger charge is 2.12. The van der Waals surface area contributed by atoms with Crippen molar-refractivity contribution in [1.82, 2.24) is 22.1 Å². The van der Waals surface area contributed by atoms with Gasteiger partial charge in [-0.1, -0.05) is 142 Å². The number of amides is 2. The van der Waals surface area contributed by atoms with Gasteiger partial charge in [0, 0.05) is 26.9 Å². The number of rotatable bonds is 28. The van der Waals surface area contributed by atoms with E-state index in [0.717, 1.165) is 25.7 Å². The van der Waals surface area contributed by atoms with Crippen molar-refractivity contribution in [2.45, 2.75) is 168 Å². The quantitative estimate of drug-likeness (QED) is 0.0616. The van der Waals surface area contributed by atoms with E-state index < -0.39 is 11.9 Å². The summed E-state index contributed by atoms with van der Waals surface area (Å²) in [6, 6.07) is 0. The summed E-state index contributed by atoms with van der Waals surface area (Å²) in [6.45, 7) is 4.09. The van der Waals surface area contributed by atoms with Crippen LogP contribution in [0.1, 0.15) is 168 Å². The van der Waals surface area contributed by atoms with Crippen LogP contribution >= 0.6 is 0 Å². The lowest BCUT2D eigenvalue weighted by Gasteiger charge is -2.14. The Bertz CT molecular complexity index is 622. The van der Waals surface area contributed by atoms with Crippen LogP contribution in [0.25, 0.3) is 0 Å². The molecule has 0 aliphatic rings. The van der Waals surface area contributed by atoms with E-state index in [0.29, 0.717) is 12.8 Å². The first-order valence-corrected chi connectivity index (χ1v) is 17.1. The molecule has 10 nitrogen and oxygen atoms in total. The molecule has 2 amide bonds. The molecular formula is C34H72N4O6. The van der Waals surface area contributed by atoms with Gasteiger partial charge in [-0.25, -0.2) is 0 Å². The van der Waals surface area contributed by atoms with Gasteiger partial charge in [0.15, 0.2) is 0 Å². The third-order valence-corrected chi connectivity index (χ3v) is 7.58. The van der Waals surface area contributed by atoms with E-state index in [1.807, 2.05) is 0 Å². The summed E-state index contributed by atoms with van der Waals surface area (Å²) in [5, 5.41) is 17.2. The summed E-state index contributed by atoms with van der Waals surface area (Å²) in [7, 11) is 3.10. The van der Waals surface area contributed by atoms with Crippen molar-refractivity contribution in [3.63, 3.8) is 0 Å². The minimum absolute atomic E-state index is 0. The first kappa shape index (κ1) is 48.7. The second-order valence-electron chi connectivity index (χ2n) is 11.9. The van der Waals surface area contributed by atoms with Gasteiger partial charge in [0.05, 0.1) is 0 Å². The van der Waals surface area contributed by atoms with E-state index in [1.54, 1.807) is 14.1 Å².